The molecule has 0 saturated heterocycles. The fourth-order valence-electron chi connectivity index (χ4n) is 6.95. The fraction of sp³-hybridized carbons (Fsp3) is 0.170. The summed E-state index contributed by atoms with van der Waals surface area (Å²) in [7, 11) is 0. The van der Waals surface area contributed by atoms with Gasteiger partial charge in [0.2, 0.25) is 0 Å². The number of halogens is 2. The van der Waals surface area contributed by atoms with E-state index in [0.29, 0.717) is 28.6 Å². The Hall–Kier alpha value is -6.01. The van der Waals surface area contributed by atoms with Crippen LogP contribution < -0.4 is 0 Å². The molecule has 0 amide bonds. The monoisotopic (exact) mass is 698 g/mol. The maximum Gasteiger partial charge on any atom is 0.166 e. The lowest BCUT2D eigenvalue weighted by atomic mass is 9.85. The number of nitrogens with zero attached hydrogens (tertiary/aromatic N) is 4. The van der Waals surface area contributed by atoms with E-state index in [4.69, 9.17) is 15.0 Å². The van der Waals surface area contributed by atoms with E-state index >= 15 is 4.39 Å². The van der Waals surface area contributed by atoms with Crippen LogP contribution in [0.3, 0.4) is 0 Å². The van der Waals surface area contributed by atoms with Crippen LogP contribution in [0, 0.1) is 11.6 Å². The van der Waals surface area contributed by atoms with Gasteiger partial charge in [-0.15, -0.1) is 0 Å². The van der Waals surface area contributed by atoms with E-state index in [9.17, 15) is 4.39 Å². The zero-order chi connectivity index (χ0) is 37.1. The summed E-state index contributed by atoms with van der Waals surface area (Å²) in [6, 6.07) is 42.6. The van der Waals surface area contributed by atoms with Gasteiger partial charge in [-0.05, 0) is 76.1 Å². The molecule has 0 N–H and O–H groups in total. The molecule has 0 unspecified atom stereocenters. The van der Waals surface area contributed by atoms with Crippen molar-refractivity contribution < 1.29 is 8.78 Å². The van der Waals surface area contributed by atoms with Gasteiger partial charge in [0.15, 0.2) is 17.5 Å². The molecule has 4 nitrogen and oxygen atoms in total. The van der Waals surface area contributed by atoms with Gasteiger partial charge in [-0.1, -0.05) is 120 Å². The van der Waals surface area contributed by atoms with Gasteiger partial charge < -0.3 is 4.57 Å². The molecular formula is C47H40F2N4. The van der Waals surface area contributed by atoms with E-state index in [1.165, 1.54) is 23.3 Å². The first-order valence-corrected chi connectivity index (χ1v) is 17.9. The van der Waals surface area contributed by atoms with Crippen molar-refractivity contribution in [3.05, 3.63) is 156 Å². The second kappa shape index (κ2) is 12.9. The van der Waals surface area contributed by atoms with E-state index in [1.54, 1.807) is 0 Å². The summed E-state index contributed by atoms with van der Waals surface area (Å²) in [5, 5.41) is 2.28. The Morgan fingerprint density at radius 3 is 1.45 bits per heavy atom. The van der Waals surface area contributed by atoms with Crippen LogP contribution in [0.25, 0.3) is 72.8 Å². The summed E-state index contributed by atoms with van der Waals surface area (Å²) in [6.07, 6.45) is 0. The molecule has 8 rings (SSSR count). The van der Waals surface area contributed by atoms with Crippen LogP contribution in [0.15, 0.2) is 133 Å². The highest BCUT2D eigenvalue weighted by Gasteiger charge is 2.24. The fourth-order valence-corrected chi connectivity index (χ4v) is 6.95. The molecule has 0 atom stereocenters. The lowest BCUT2D eigenvalue weighted by Crippen LogP contribution is -2.10. The lowest BCUT2D eigenvalue weighted by molar-refractivity contribution is 0.585. The number of aromatic nitrogens is 4. The standard InChI is InChI=1S/C47H40F2N4/c1-46(2,3)32-18-23-40-36(26-32)37-27-33(47(4,5)6)19-24-41(37)53(40)42-22-17-31(35-21-20-34(48)28-39(35)49)25-38(42)45-51-43(29-13-9-7-10-14-29)50-44(52-45)30-15-11-8-12-16-30/h7-28H,1-6H3. The molecule has 0 bridgehead atoms. The maximum atomic E-state index is 15.4. The first kappa shape index (κ1) is 34.1. The van der Waals surface area contributed by atoms with Crippen molar-refractivity contribution in [2.75, 3.05) is 0 Å². The van der Waals surface area contributed by atoms with Crippen LogP contribution in [0.5, 0.6) is 0 Å². The highest BCUT2D eigenvalue weighted by atomic mass is 19.1. The summed E-state index contributed by atoms with van der Waals surface area (Å²) < 4.78 is 31.8. The summed E-state index contributed by atoms with van der Waals surface area (Å²) >= 11 is 0. The highest BCUT2D eigenvalue weighted by molar-refractivity contribution is 6.10. The smallest absolute Gasteiger partial charge is 0.166 e. The molecule has 53 heavy (non-hydrogen) atoms. The average Bonchev–Trinajstić information content (AvgIpc) is 3.47. The zero-order valence-electron chi connectivity index (χ0n) is 30.7. The topological polar surface area (TPSA) is 43.6 Å². The van der Waals surface area contributed by atoms with Gasteiger partial charge in [-0.2, -0.15) is 0 Å². The molecule has 8 aromatic rings. The normalized spacial score (nSPS) is 12.2. The minimum atomic E-state index is -0.643. The number of rotatable bonds is 5. The minimum absolute atomic E-state index is 0.0527. The van der Waals surface area contributed by atoms with Crippen molar-refractivity contribution in [1.29, 1.82) is 0 Å². The van der Waals surface area contributed by atoms with E-state index in [2.05, 4.69) is 82.5 Å². The maximum absolute atomic E-state index is 15.4. The van der Waals surface area contributed by atoms with Crippen molar-refractivity contribution in [3.63, 3.8) is 0 Å². The molecule has 6 heteroatoms. The van der Waals surface area contributed by atoms with Gasteiger partial charge >= 0.3 is 0 Å². The predicted octanol–water partition coefficient (Wildman–Crippen LogP) is 12.5. The van der Waals surface area contributed by atoms with Gasteiger partial charge in [0.25, 0.3) is 0 Å². The lowest BCUT2D eigenvalue weighted by Gasteiger charge is -2.19. The Morgan fingerprint density at radius 2 is 0.962 bits per heavy atom. The molecule has 2 aromatic heterocycles. The Bertz CT molecular complexity index is 2520. The Labute approximate surface area is 308 Å². The molecule has 0 aliphatic rings. The second-order valence-electron chi connectivity index (χ2n) is 15.7. The molecule has 0 aliphatic heterocycles. The molecule has 0 radical (unpaired) electrons. The van der Waals surface area contributed by atoms with Crippen molar-refractivity contribution in [2.24, 2.45) is 0 Å². The zero-order valence-corrected chi connectivity index (χ0v) is 30.7. The summed E-state index contributed by atoms with van der Waals surface area (Å²) in [4.78, 5) is 15.1. The molecule has 0 fully saturated rings. The molecule has 0 aliphatic carbocycles. The Morgan fingerprint density at radius 1 is 0.453 bits per heavy atom. The van der Waals surface area contributed by atoms with Crippen molar-refractivity contribution in [3.8, 4) is 51.0 Å². The van der Waals surface area contributed by atoms with E-state index in [1.807, 2.05) is 78.9 Å². The van der Waals surface area contributed by atoms with Crippen molar-refractivity contribution in [1.82, 2.24) is 19.5 Å². The van der Waals surface area contributed by atoms with Crippen LogP contribution >= 0.6 is 0 Å². The predicted molar refractivity (Wildman–Crippen MR) is 213 cm³/mol. The molecular weight excluding hydrogens is 659 g/mol. The molecule has 6 aromatic carbocycles. The third kappa shape index (κ3) is 6.39. The third-order valence-electron chi connectivity index (χ3n) is 9.92. The first-order valence-electron chi connectivity index (χ1n) is 17.9. The number of benzene rings is 6. The molecule has 0 spiro atoms. The van der Waals surface area contributed by atoms with Crippen LogP contribution in [0.4, 0.5) is 8.78 Å². The average molecular weight is 699 g/mol. The van der Waals surface area contributed by atoms with Crippen LogP contribution in [-0.2, 0) is 10.8 Å². The quantitative estimate of drug-likeness (QED) is 0.180. The molecule has 0 saturated carbocycles. The van der Waals surface area contributed by atoms with Crippen molar-refractivity contribution >= 4 is 21.8 Å². The van der Waals surface area contributed by atoms with Gasteiger partial charge in [0.05, 0.1) is 16.7 Å². The highest BCUT2D eigenvalue weighted by Crippen LogP contribution is 2.41. The van der Waals surface area contributed by atoms with Gasteiger partial charge in [-0.25, -0.2) is 23.7 Å². The van der Waals surface area contributed by atoms with E-state index < -0.39 is 11.6 Å². The van der Waals surface area contributed by atoms with Crippen LogP contribution in [0.1, 0.15) is 52.7 Å². The number of hydrogen-bond acceptors (Lipinski definition) is 3. The largest absolute Gasteiger partial charge is 0.309 e. The first-order chi connectivity index (χ1) is 25.3. The number of hydrogen-bond donors (Lipinski definition) is 0. The second-order valence-corrected chi connectivity index (χ2v) is 15.7. The molecule has 2 heterocycles. The summed E-state index contributed by atoms with van der Waals surface area (Å²) in [6.45, 7) is 13.4. The number of fused-ring (bicyclic) bond motifs is 3. The van der Waals surface area contributed by atoms with Crippen molar-refractivity contribution in [2.45, 2.75) is 52.4 Å². The van der Waals surface area contributed by atoms with Gasteiger partial charge in [0, 0.05) is 39.1 Å². The third-order valence-corrected chi connectivity index (χ3v) is 9.92. The minimum Gasteiger partial charge on any atom is -0.309 e. The van der Waals surface area contributed by atoms with Crippen LogP contribution in [0.2, 0.25) is 0 Å². The molecule has 262 valence electrons. The van der Waals surface area contributed by atoms with E-state index in [0.717, 1.165) is 44.7 Å². The van der Waals surface area contributed by atoms with Gasteiger partial charge in [0.1, 0.15) is 11.6 Å². The Kier molecular flexibility index (Phi) is 8.29. The van der Waals surface area contributed by atoms with E-state index in [-0.39, 0.29) is 16.4 Å². The summed E-state index contributed by atoms with van der Waals surface area (Å²) in [5.41, 5.74) is 8.49. The summed E-state index contributed by atoms with van der Waals surface area (Å²) in [5.74, 6) is 0.201. The SMILES string of the molecule is CC(C)(C)c1ccc2c(c1)c1cc(C(C)(C)C)ccc1n2-c1ccc(-c2ccc(F)cc2F)cc1-c1nc(-c2ccccc2)nc(-c2ccccc2)n1. The van der Waals surface area contributed by atoms with Gasteiger partial charge in [-0.3, -0.25) is 0 Å². The van der Waals surface area contributed by atoms with Crippen LogP contribution in [-0.4, -0.2) is 19.5 Å². The Balaban J connectivity index is 1.47.